The van der Waals surface area contributed by atoms with Crippen molar-refractivity contribution in [2.45, 2.75) is 76.0 Å². The summed E-state index contributed by atoms with van der Waals surface area (Å²) in [6.45, 7) is 3.80. The summed E-state index contributed by atoms with van der Waals surface area (Å²) in [5.41, 5.74) is 4.10. The molecule has 184 valence electrons. The average Bonchev–Trinajstić information content (AvgIpc) is 3.49. The van der Waals surface area contributed by atoms with Gasteiger partial charge >= 0.3 is 0 Å². The van der Waals surface area contributed by atoms with Crippen molar-refractivity contribution in [3.8, 4) is 11.3 Å². The van der Waals surface area contributed by atoms with Crippen molar-refractivity contribution >= 4 is 22.8 Å². The van der Waals surface area contributed by atoms with E-state index in [0.717, 1.165) is 42.6 Å². The van der Waals surface area contributed by atoms with Crippen LogP contribution in [0.25, 0.3) is 22.4 Å². The van der Waals surface area contributed by atoms with Crippen LogP contribution in [0.2, 0.25) is 5.02 Å². The van der Waals surface area contributed by atoms with Crippen molar-refractivity contribution < 1.29 is 9.13 Å². The average molecular weight is 505 g/mol. The molecule has 7 nitrogen and oxygen atoms in total. The number of hydrogen-bond acceptors (Lipinski definition) is 6. The molecule has 2 aliphatic heterocycles. The number of rotatable bonds is 4. The van der Waals surface area contributed by atoms with Crippen molar-refractivity contribution in [3.63, 3.8) is 0 Å². The molecule has 3 aliphatic rings. The Bertz CT molecular complexity index is 1520. The van der Waals surface area contributed by atoms with Crippen molar-refractivity contribution in [2.75, 3.05) is 0 Å². The summed E-state index contributed by atoms with van der Waals surface area (Å²) in [5, 5.41) is 4.96. The van der Waals surface area contributed by atoms with Crippen molar-refractivity contribution in [1.82, 2.24) is 29.7 Å². The maximum absolute atomic E-state index is 15.1. The summed E-state index contributed by atoms with van der Waals surface area (Å²) in [7, 11) is 0. The maximum atomic E-state index is 15.1. The van der Waals surface area contributed by atoms with Gasteiger partial charge in [0.05, 0.1) is 35.3 Å². The molecule has 5 heterocycles. The van der Waals surface area contributed by atoms with E-state index >= 15 is 4.39 Å². The molecule has 3 atom stereocenters. The molecular formula is C27H26ClFN6O. The molecule has 0 N–H and O–H groups in total. The van der Waals surface area contributed by atoms with Gasteiger partial charge in [-0.3, -0.25) is 4.68 Å². The van der Waals surface area contributed by atoms with Gasteiger partial charge in [0.1, 0.15) is 22.9 Å². The summed E-state index contributed by atoms with van der Waals surface area (Å²) in [6.07, 6.45) is 10.2. The van der Waals surface area contributed by atoms with E-state index in [-0.39, 0.29) is 17.6 Å². The number of aromatic nitrogens is 6. The molecule has 3 fully saturated rings. The van der Waals surface area contributed by atoms with Crippen LogP contribution in [0, 0.1) is 19.7 Å². The normalized spacial score (nSPS) is 25.6. The SMILES string of the molecule is Cc1nc2nc([C@@H]3CC4CC[C@@](c5cnn(C6CC6)c5)(C3)O4)nc(-c3ccc(Cl)cc3F)c2nc1C. The van der Waals surface area contributed by atoms with Gasteiger partial charge in [0, 0.05) is 28.3 Å². The fourth-order valence-electron chi connectivity index (χ4n) is 5.77. The molecule has 1 unspecified atom stereocenters. The second kappa shape index (κ2) is 8.02. The molecule has 9 heteroatoms. The minimum atomic E-state index is -0.440. The van der Waals surface area contributed by atoms with Crippen LogP contribution in [0.4, 0.5) is 4.39 Å². The fourth-order valence-corrected chi connectivity index (χ4v) is 5.92. The molecule has 2 bridgehead atoms. The Morgan fingerprint density at radius 3 is 2.72 bits per heavy atom. The Morgan fingerprint density at radius 1 is 1.08 bits per heavy atom. The summed E-state index contributed by atoms with van der Waals surface area (Å²) in [4.78, 5) is 19.3. The summed E-state index contributed by atoms with van der Waals surface area (Å²) >= 11 is 6.04. The highest BCUT2D eigenvalue weighted by Gasteiger charge is 2.50. The lowest BCUT2D eigenvalue weighted by Crippen LogP contribution is -2.34. The third-order valence-corrected chi connectivity index (χ3v) is 8.18. The Kier molecular flexibility index (Phi) is 4.95. The van der Waals surface area contributed by atoms with Gasteiger partial charge in [-0.25, -0.2) is 24.3 Å². The zero-order chi connectivity index (χ0) is 24.6. The lowest BCUT2D eigenvalue weighted by Gasteiger charge is -2.37. The van der Waals surface area contributed by atoms with E-state index in [1.807, 2.05) is 20.0 Å². The number of nitrogens with zero attached hydrogens (tertiary/aromatic N) is 6. The topological polar surface area (TPSA) is 78.6 Å². The molecular weight excluding hydrogens is 479 g/mol. The standard InChI is InChI=1S/C27H26ClFN6O/c1-14-15(2)32-26-24(31-14)23(21-6-3-18(28)10-22(21)29)33-25(34-26)16-9-20-7-8-27(11-16,36-20)17-12-30-35(13-17)19-4-5-19/h3,6,10,12-13,16,19-20H,4-5,7-9,11H2,1-2H3/t16-,20?,27+/m1/s1. The third-order valence-electron chi connectivity index (χ3n) is 7.95. The Labute approximate surface area is 213 Å². The van der Waals surface area contributed by atoms with Crippen LogP contribution >= 0.6 is 11.6 Å². The van der Waals surface area contributed by atoms with Gasteiger partial charge in [0.15, 0.2) is 5.65 Å². The van der Waals surface area contributed by atoms with E-state index in [0.29, 0.717) is 39.3 Å². The lowest BCUT2D eigenvalue weighted by atomic mass is 9.82. The largest absolute Gasteiger partial charge is 0.367 e. The molecule has 36 heavy (non-hydrogen) atoms. The van der Waals surface area contributed by atoms with Crippen molar-refractivity contribution in [3.05, 3.63) is 64.2 Å². The van der Waals surface area contributed by atoms with Crippen molar-refractivity contribution in [1.29, 1.82) is 0 Å². The minimum Gasteiger partial charge on any atom is -0.367 e. The molecule has 0 amide bonds. The maximum Gasteiger partial charge on any atom is 0.182 e. The van der Waals surface area contributed by atoms with E-state index in [2.05, 4.69) is 16.0 Å². The van der Waals surface area contributed by atoms with Crippen molar-refractivity contribution in [2.24, 2.45) is 0 Å². The van der Waals surface area contributed by atoms with Gasteiger partial charge in [-0.2, -0.15) is 5.10 Å². The third kappa shape index (κ3) is 3.61. The first-order valence-electron chi connectivity index (χ1n) is 12.6. The Hall–Kier alpha value is -2.97. The zero-order valence-electron chi connectivity index (χ0n) is 20.2. The first-order chi connectivity index (χ1) is 17.4. The lowest BCUT2D eigenvalue weighted by molar-refractivity contribution is -0.0903. The van der Waals surface area contributed by atoms with Crippen LogP contribution in [0.15, 0.2) is 30.6 Å². The molecule has 3 aromatic heterocycles. The van der Waals surface area contributed by atoms with Crippen LogP contribution in [0.1, 0.15) is 73.3 Å². The number of benzene rings is 1. The van der Waals surface area contributed by atoms with Gasteiger partial charge in [-0.05, 0) is 70.6 Å². The Morgan fingerprint density at radius 2 is 1.92 bits per heavy atom. The van der Waals surface area contributed by atoms with Crippen LogP contribution < -0.4 is 0 Å². The van der Waals surface area contributed by atoms with Crippen LogP contribution in [0.3, 0.4) is 0 Å². The number of aryl methyl sites for hydroxylation is 2. The second-order valence-corrected chi connectivity index (χ2v) is 10.9. The van der Waals surface area contributed by atoms with Gasteiger partial charge in [-0.15, -0.1) is 0 Å². The summed E-state index contributed by atoms with van der Waals surface area (Å²) in [5.74, 6) is 0.278. The van der Waals surface area contributed by atoms with Gasteiger partial charge in [0.2, 0.25) is 0 Å². The number of hydrogen-bond donors (Lipinski definition) is 0. The molecule has 0 spiro atoms. The monoisotopic (exact) mass is 504 g/mol. The van der Waals surface area contributed by atoms with Crippen LogP contribution in [-0.2, 0) is 10.3 Å². The molecule has 4 aromatic rings. The fraction of sp³-hybridized carbons (Fsp3) is 0.444. The van der Waals surface area contributed by atoms with Gasteiger partial charge < -0.3 is 4.74 Å². The number of ether oxygens (including phenoxy) is 1. The highest BCUT2D eigenvalue weighted by molar-refractivity contribution is 6.30. The zero-order valence-corrected chi connectivity index (χ0v) is 21.0. The van der Waals surface area contributed by atoms with E-state index in [1.165, 1.54) is 18.9 Å². The molecule has 0 radical (unpaired) electrons. The number of halogens is 2. The van der Waals surface area contributed by atoms with E-state index < -0.39 is 5.82 Å². The molecule has 7 rings (SSSR count). The molecule has 1 aliphatic carbocycles. The highest BCUT2D eigenvalue weighted by Crippen LogP contribution is 2.53. The smallest absolute Gasteiger partial charge is 0.182 e. The number of fused-ring (bicyclic) bond motifs is 3. The highest BCUT2D eigenvalue weighted by atomic mass is 35.5. The van der Waals surface area contributed by atoms with E-state index in [1.54, 1.807) is 12.1 Å². The summed E-state index contributed by atoms with van der Waals surface area (Å²) in [6, 6.07) is 5.16. The second-order valence-electron chi connectivity index (χ2n) is 10.5. The molecule has 1 aromatic carbocycles. The summed E-state index contributed by atoms with van der Waals surface area (Å²) < 4.78 is 23.8. The van der Waals surface area contributed by atoms with E-state index in [9.17, 15) is 0 Å². The predicted molar refractivity (Wildman–Crippen MR) is 133 cm³/mol. The molecule has 2 saturated heterocycles. The van der Waals surface area contributed by atoms with Crippen LogP contribution in [0.5, 0.6) is 0 Å². The predicted octanol–water partition coefficient (Wildman–Crippen LogP) is 5.98. The first kappa shape index (κ1) is 22.2. The van der Waals surface area contributed by atoms with Gasteiger partial charge in [0.25, 0.3) is 0 Å². The van der Waals surface area contributed by atoms with Crippen LogP contribution in [-0.4, -0.2) is 35.8 Å². The van der Waals surface area contributed by atoms with Gasteiger partial charge in [-0.1, -0.05) is 11.6 Å². The Balaban J connectivity index is 1.34. The molecule has 1 saturated carbocycles. The quantitative estimate of drug-likeness (QED) is 0.340. The minimum absolute atomic E-state index is 0.0532. The first-order valence-corrected chi connectivity index (χ1v) is 13.0. The van der Waals surface area contributed by atoms with E-state index in [4.69, 9.17) is 36.3 Å².